The summed E-state index contributed by atoms with van der Waals surface area (Å²) in [6, 6.07) is 11.6. The third kappa shape index (κ3) is 3.78. The molecule has 0 spiro atoms. The molecule has 0 fully saturated rings. The van der Waals surface area contributed by atoms with Gasteiger partial charge in [0.25, 0.3) is 0 Å². The van der Waals surface area contributed by atoms with Gasteiger partial charge in [0.2, 0.25) is 0 Å². The van der Waals surface area contributed by atoms with Crippen molar-refractivity contribution < 1.29 is 52.0 Å². The minimum Gasteiger partial charge on any atom is -0.744 e. The first-order valence-corrected chi connectivity index (χ1v) is 7.16. The molecule has 0 heterocycles. The molecule has 0 aromatic heterocycles. The number of ether oxygens (including phenoxy) is 2. The molecule has 0 aliphatic carbocycles. The van der Waals surface area contributed by atoms with Gasteiger partial charge < -0.3 is 14.0 Å². The minimum atomic E-state index is -4.63. The topological polar surface area (TPSA) is 75.7 Å². The third-order valence-electron chi connectivity index (χ3n) is 2.84. The molecule has 106 valence electrons. The van der Waals surface area contributed by atoms with E-state index in [0.29, 0.717) is 16.9 Å². The molecule has 0 N–H and O–H groups in total. The van der Waals surface area contributed by atoms with Crippen molar-refractivity contribution in [2.45, 2.75) is 4.90 Å². The Balaban J connectivity index is 0.00000220. The summed E-state index contributed by atoms with van der Waals surface area (Å²) in [4.78, 5) is -0.403. The molecule has 7 heteroatoms. The standard InChI is InChI=1S/C14H14O5S.Na/c1-18-11-8-9-12(20(15,16)17)14(19-2)13(11)10-6-4-3-5-7-10;/h3-9H,1-2H3,(H,15,16,17);/q;+1/p-1. The quantitative estimate of drug-likeness (QED) is 0.550. The second-order valence-corrected chi connectivity index (χ2v) is 5.34. The van der Waals surface area contributed by atoms with Gasteiger partial charge in [-0.3, -0.25) is 0 Å². The Bertz CT molecular complexity index is 714. The first kappa shape index (κ1) is 18.0. The number of rotatable bonds is 4. The first-order valence-electron chi connectivity index (χ1n) is 5.75. The van der Waals surface area contributed by atoms with Crippen molar-refractivity contribution in [3.8, 4) is 22.6 Å². The first-order chi connectivity index (χ1) is 9.49. The Morgan fingerprint density at radius 2 is 1.57 bits per heavy atom. The maximum absolute atomic E-state index is 11.3. The Kier molecular flexibility index (Phi) is 6.24. The molecule has 21 heavy (non-hydrogen) atoms. The smallest absolute Gasteiger partial charge is 0.744 e. The van der Waals surface area contributed by atoms with E-state index in [9.17, 15) is 13.0 Å². The summed E-state index contributed by atoms with van der Waals surface area (Å²) in [7, 11) is -1.85. The fourth-order valence-corrected chi connectivity index (χ4v) is 2.64. The number of benzene rings is 2. The molecule has 0 bridgehead atoms. The van der Waals surface area contributed by atoms with Crippen molar-refractivity contribution in [3.05, 3.63) is 42.5 Å². The zero-order valence-electron chi connectivity index (χ0n) is 12.0. The second kappa shape index (κ2) is 7.29. The molecule has 0 atom stereocenters. The van der Waals surface area contributed by atoms with Crippen LogP contribution in [-0.2, 0) is 10.1 Å². The van der Waals surface area contributed by atoms with Gasteiger partial charge in [-0.25, -0.2) is 8.42 Å². The van der Waals surface area contributed by atoms with Crippen LogP contribution in [0.4, 0.5) is 0 Å². The summed E-state index contributed by atoms with van der Waals surface area (Å²) in [6.07, 6.45) is 0. The fourth-order valence-electron chi connectivity index (χ4n) is 1.99. The fraction of sp³-hybridized carbons (Fsp3) is 0.143. The van der Waals surface area contributed by atoms with Gasteiger partial charge in [-0.1, -0.05) is 30.3 Å². The van der Waals surface area contributed by atoms with Crippen LogP contribution in [0.15, 0.2) is 47.4 Å². The molecule has 0 amide bonds. The van der Waals surface area contributed by atoms with E-state index in [1.54, 1.807) is 24.3 Å². The van der Waals surface area contributed by atoms with E-state index in [1.807, 2.05) is 6.07 Å². The van der Waals surface area contributed by atoms with Gasteiger partial charge in [0, 0.05) is 0 Å². The normalized spacial score (nSPS) is 10.6. The second-order valence-electron chi connectivity index (χ2n) is 3.99. The van der Waals surface area contributed by atoms with E-state index in [0.717, 1.165) is 0 Å². The van der Waals surface area contributed by atoms with Gasteiger partial charge in [-0.15, -0.1) is 0 Å². The van der Waals surface area contributed by atoms with Crippen LogP contribution in [-0.4, -0.2) is 27.2 Å². The molecule has 0 aliphatic heterocycles. The zero-order valence-corrected chi connectivity index (χ0v) is 14.8. The molecular formula is C14H13NaO5S. The Morgan fingerprint density at radius 1 is 0.952 bits per heavy atom. The van der Waals surface area contributed by atoms with Crippen molar-refractivity contribution in [1.82, 2.24) is 0 Å². The van der Waals surface area contributed by atoms with Gasteiger partial charge in [0.15, 0.2) is 0 Å². The predicted octanol–water partition coefficient (Wildman–Crippen LogP) is -0.721. The number of hydrogen-bond acceptors (Lipinski definition) is 5. The van der Waals surface area contributed by atoms with E-state index in [-0.39, 0.29) is 35.3 Å². The molecule has 0 radical (unpaired) electrons. The van der Waals surface area contributed by atoms with Crippen LogP contribution in [0.2, 0.25) is 0 Å². The average molecular weight is 316 g/mol. The van der Waals surface area contributed by atoms with Crippen LogP contribution in [0.1, 0.15) is 0 Å². The summed E-state index contributed by atoms with van der Waals surface area (Å²) in [5.74, 6) is 0.422. The maximum atomic E-state index is 11.3. The van der Waals surface area contributed by atoms with E-state index in [2.05, 4.69) is 0 Å². The Labute approximate surface area is 145 Å². The van der Waals surface area contributed by atoms with Crippen LogP contribution in [0.25, 0.3) is 11.1 Å². The Hall–Kier alpha value is -1.05. The maximum Gasteiger partial charge on any atom is 1.00 e. The van der Waals surface area contributed by atoms with Crippen LogP contribution in [0.3, 0.4) is 0 Å². The summed E-state index contributed by atoms with van der Waals surface area (Å²) in [5.41, 5.74) is 1.14. The third-order valence-corrected chi connectivity index (χ3v) is 3.70. The van der Waals surface area contributed by atoms with Gasteiger partial charge in [-0.2, -0.15) is 0 Å². The molecule has 0 saturated carbocycles. The summed E-state index contributed by atoms with van der Waals surface area (Å²) >= 11 is 0. The molecular weight excluding hydrogens is 303 g/mol. The van der Waals surface area contributed by atoms with Crippen LogP contribution in [0, 0.1) is 0 Å². The zero-order chi connectivity index (χ0) is 14.8. The van der Waals surface area contributed by atoms with Crippen molar-refractivity contribution >= 4 is 10.1 Å². The van der Waals surface area contributed by atoms with Gasteiger partial charge in [0.1, 0.15) is 21.6 Å². The monoisotopic (exact) mass is 316 g/mol. The summed E-state index contributed by atoms with van der Waals surface area (Å²) in [5, 5.41) is 0. The minimum absolute atomic E-state index is 0. The van der Waals surface area contributed by atoms with Crippen molar-refractivity contribution in [1.29, 1.82) is 0 Å². The van der Waals surface area contributed by atoms with Crippen molar-refractivity contribution in [2.75, 3.05) is 14.2 Å². The van der Waals surface area contributed by atoms with Crippen molar-refractivity contribution in [3.63, 3.8) is 0 Å². The van der Waals surface area contributed by atoms with Gasteiger partial charge in [0.05, 0.1) is 24.7 Å². The van der Waals surface area contributed by atoms with E-state index >= 15 is 0 Å². The van der Waals surface area contributed by atoms with Crippen LogP contribution >= 0.6 is 0 Å². The molecule has 0 aliphatic rings. The van der Waals surface area contributed by atoms with Crippen LogP contribution < -0.4 is 39.0 Å². The largest absolute Gasteiger partial charge is 1.00 e. The van der Waals surface area contributed by atoms with Crippen LogP contribution in [0.5, 0.6) is 11.5 Å². The summed E-state index contributed by atoms with van der Waals surface area (Å²) < 4.78 is 44.3. The Morgan fingerprint density at radius 3 is 2.05 bits per heavy atom. The average Bonchev–Trinajstić information content (AvgIpc) is 2.45. The van der Waals surface area contributed by atoms with Crippen molar-refractivity contribution in [2.24, 2.45) is 0 Å². The SMILES string of the molecule is COc1ccc(S(=O)(=O)[O-])c(OC)c1-c1ccccc1.[Na+]. The number of methoxy groups -OCH3 is 2. The van der Waals surface area contributed by atoms with E-state index in [4.69, 9.17) is 9.47 Å². The van der Waals surface area contributed by atoms with Gasteiger partial charge >= 0.3 is 29.6 Å². The number of hydrogen-bond donors (Lipinski definition) is 0. The predicted molar refractivity (Wildman–Crippen MR) is 72.9 cm³/mol. The van der Waals surface area contributed by atoms with E-state index in [1.165, 1.54) is 26.4 Å². The molecule has 0 saturated heterocycles. The molecule has 2 aromatic rings. The molecule has 2 rings (SSSR count). The molecule has 5 nitrogen and oxygen atoms in total. The van der Waals surface area contributed by atoms with Gasteiger partial charge in [-0.05, 0) is 17.7 Å². The van der Waals surface area contributed by atoms with E-state index < -0.39 is 15.0 Å². The molecule has 2 aromatic carbocycles. The molecule has 0 unspecified atom stereocenters. The summed E-state index contributed by atoms with van der Waals surface area (Å²) in [6.45, 7) is 0.